The third-order valence-electron chi connectivity index (χ3n) is 5.50. The predicted octanol–water partition coefficient (Wildman–Crippen LogP) is 2.10. The highest BCUT2D eigenvalue weighted by molar-refractivity contribution is 5.87. The van der Waals surface area contributed by atoms with Gasteiger partial charge in [-0.3, -0.25) is 4.79 Å². The molecule has 0 aromatic carbocycles. The standard InChI is InChI=1S/C14H24N2O/c15-11-13(7-3-1-4-8-13)12(17)16-14(11)9-5-2-6-10-14/h11H,1-10,15H2,(H,16,17). The van der Waals surface area contributed by atoms with E-state index in [-0.39, 0.29) is 22.9 Å². The predicted molar refractivity (Wildman–Crippen MR) is 67.5 cm³/mol. The van der Waals surface area contributed by atoms with Crippen molar-refractivity contribution in [3.05, 3.63) is 0 Å². The van der Waals surface area contributed by atoms with Gasteiger partial charge < -0.3 is 11.1 Å². The molecule has 1 saturated heterocycles. The summed E-state index contributed by atoms with van der Waals surface area (Å²) in [5, 5.41) is 3.32. The van der Waals surface area contributed by atoms with E-state index in [4.69, 9.17) is 5.73 Å². The highest BCUT2D eigenvalue weighted by atomic mass is 16.2. The average molecular weight is 236 g/mol. The number of hydrogen-bond donors (Lipinski definition) is 2. The van der Waals surface area contributed by atoms with E-state index in [0.29, 0.717) is 0 Å². The molecule has 17 heavy (non-hydrogen) atoms. The Morgan fingerprint density at radius 3 is 2.06 bits per heavy atom. The number of amides is 1. The van der Waals surface area contributed by atoms with Crippen molar-refractivity contribution in [1.29, 1.82) is 0 Å². The summed E-state index contributed by atoms with van der Waals surface area (Å²) >= 11 is 0. The summed E-state index contributed by atoms with van der Waals surface area (Å²) in [5.74, 6) is 0.270. The first-order valence-electron chi connectivity index (χ1n) is 7.28. The molecule has 1 unspecified atom stereocenters. The summed E-state index contributed by atoms with van der Waals surface area (Å²) in [7, 11) is 0. The topological polar surface area (TPSA) is 55.1 Å². The summed E-state index contributed by atoms with van der Waals surface area (Å²) in [6.07, 6.45) is 11.6. The smallest absolute Gasteiger partial charge is 0.228 e. The van der Waals surface area contributed by atoms with E-state index in [1.807, 2.05) is 0 Å². The molecule has 96 valence electrons. The van der Waals surface area contributed by atoms with E-state index >= 15 is 0 Å². The first kappa shape index (κ1) is 11.5. The van der Waals surface area contributed by atoms with Gasteiger partial charge in [-0.05, 0) is 25.7 Å². The van der Waals surface area contributed by atoms with Crippen molar-refractivity contribution in [2.75, 3.05) is 0 Å². The zero-order valence-electron chi connectivity index (χ0n) is 10.6. The lowest BCUT2D eigenvalue weighted by atomic mass is 9.64. The Balaban J connectivity index is 1.89. The van der Waals surface area contributed by atoms with E-state index < -0.39 is 0 Å². The number of carbonyl (C=O) groups excluding carboxylic acids is 1. The fourth-order valence-corrected chi connectivity index (χ4v) is 4.44. The van der Waals surface area contributed by atoms with Gasteiger partial charge in [0.25, 0.3) is 0 Å². The largest absolute Gasteiger partial charge is 0.349 e. The summed E-state index contributed by atoms with van der Waals surface area (Å²) < 4.78 is 0. The van der Waals surface area contributed by atoms with Gasteiger partial charge in [0.2, 0.25) is 5.91 Å². The Bertz CT molecular complexity index is 314. The van der Waals surface area contributed by atoms with Gasteiger partial charge in [-0.25, -0.2) is 0 Å². The first-order valence-corrected chi connectivity index (χ1v) is 7.28. The molecule has 2 aliphatic carbocycles. The number of rotatable bonds is 0. The summed E-state index contributed by atoms with van der Waals surface area (Å²) in [4.78, 5) is 12.4. The first-order chi connectivity index (χ1) is 8.20. The summed E-state index contributed by atoms with van der Waals surface area (Å²) in [5.41, 5.74) is 6.30. The van der Waals surface area contributed by atoms with Crippen LogP contribution in [0.5, 0.6) is 0 Å². The lowest BCUT2D eigenvalue weighted by molar-refractivity contribution is -0.129. The van der Waals surface area contributed by atoms with Gasteiger partial charge in [0, 0.05) is 6.04 Å². The molecule has 1 heterocycles. The van der Waals surface area contributed by atoms with Crippen LogP contribution in [0.2, 0.25) is 0 Å². The minimum atomic E-state index is -0.213. The molecule has 3 aliphatic rings. The number of hydrogen-bond acceptors (Lipinski definition) is 2. The molecule has 0 bridgehead atoms. The van der Waals surface area contributed by atoms with E-state index in [1.165, 1.54) is 38.5 Å². The molecule has 0 aromatic heterocycles. The molecule has 3 N–H and O–H groups in total. The van der Waals surface area contributed by atoms with Gasteiger partial charge in [0.05, 0.1) is 11.0 Å². The molecule has 0 radical (unpaired) electrons. The maximum atomic E-state index is 12.4. The van der Waals surface area contributed by atoms with Gasteiger partial charge >= 0.3 is 0 Å². The summed E-state index contributed by atoms with van der Waals surface area (Å²) in [6, 6.07) is 0.0584. The van der Waals surface area contributed by atoms with E-state index in [0.717, 1.165) is 25.7 Å². The maximum Gasteiger partial charge on any atom is 0.228 e. The Labute approximate surface area is 104 Å². The fourth-order valence-electron chi connectivity index (χ4n) is 4.44. The van der Waals surface area contributed by atoms with Crippen molar-refractivity contribution in [3.8, 4) is 0 Å². The fraction of sp³-hybridized carbons (Fsp3) is 0.929. The van der Waals surface area contributed by atoms with Crippen LogP contribution in [0, 0.1) is 5.41 Å². The molecular formula is C14H24N2O. The lowest BCUT2D eigenvalue weighted by Gasteiger charge is -2.42. The molecule has 3 rings (SSSR count). The number of carbonyl (C=O) groups is 1. The van der Waals surface area contributed by atoms with Crippen molar-refractivity contribution in [1.82, 2.24) is 5.32 Å². The number of nitrogens with two attached hydrogens (primary N) is 1. The molecular weight excluding hydrogens is 212 g/mol. The Morgan fingerprint density at radius 2 is 1.47 bits per heavy atom. The van der Waals surface area contributed by atoms with Crippen molar-refractivity contribution in [2.24, 2.45) is 11.1 Å². The van der Waals surface area contributed by atoms with E-state index in [2.05, 4.69) is 5.32 Å². The second-order valence-electron chi connectivity index (χ2n) is 6.37. The Kier molecular flexibility index (Phi) is 2.69. The second-order valence-corrected chi connectivity index (χ2v) is 6.37. The van der Waals surface area contributed by atoms with Crippen LogP contribution in [0.15, 0.2) is 0 Å². The lowest BCUT2D eigenvalue weighted by Crippen LogP contribution is -2.56. The molecule has 2 spiro atoms. The van der Waals surface area contributed by atoms with Gasteiger partial charge in [0.15, 0.2) is 0 Å². The molecule has 3 fully saturated rings. The SMILES string of the molecule is NC1C2(CCCCC2)NC(=O)C12CCCCC2. The second kappa shape index (κ2) is 3.98. The average Bonchev–Trinajstić information content (AvgIpc) is 2.55. The Morgan fingerprint density at radius 1 is 0.941 bits per heavy atom. The Hall–Kier alpha value is -0.570. The third kappa shape index (κ3) is 1.55. The van der Waals surface area contributed by atoms with Gasteiger partial charge in [-0.2, -0.15) is 0 Å². The number of nitrogens with one attached hydrogen (secondary N) is 1. The molecule has 2 saturated carbocycles. The van der Waals surface area contributed by atoms with Gasteiger partial charge in [-0.1, -0.05) is 38.5 Å². The molecule has 1 amide bonds. The van der Waals surface area contributed by atoms with E-state index in [1.54, 1.807) is 0 Å². The van der Waals surface area contributed by atoms with E-state index in [9.17, 15) is 4.79 Å². The minimum Gasteiger partial charge on any atom is -0.349 e. The van der Waals surface area contributed by atoms with Crippen LogP contribution in [-0.4, -0.2) is 17.5 Å². The van der Waals surface area contributed by atoms with Crippen LogP contribution in [0.3, 0.4) is 0 Å². The van der Waals surface area contributed by atoms with Crippen LogP contribution in [-0.2, 0) is 4.79 Å². The van der Waals surface area contributed by atoms with Crippen molar-refractivity contribution in [3.63, 3.8) is 0 Å². The quantitative estimate of drug-likeness (QED) is 0.676. The summed E-state index contributed by atoms with van der Waals surface area (Å²) in [6.45, 7) is 0. The van der Waals surface area contributed by atoms with Gasteiger partial charge in [-0.15, -0.1) is 0 Å². The van der Waals surface area contributed by atoms with Crippen LogP contribution < -0.4 is 11.1 Å². The van der Waals surface area contributed by atoms with Crippen LogP contribution in [0.4, 0.5) is 0 Å². The zero-order chi connectivity index (χ0) is 11.9. The molecule has 1 aliphatic heterocycles. The van der Waals surface area contributed by atoms with Crippen molar-refractivity contribution >= 4 is 5.91 Å². The van der Waals surface area contributed by atoms with Gasteiger partial charge in [0.1, 0.15) is 0 Å². The zero-order valence-corrected chi connectivity index (χ0v) is 10.6. The molecule has 3 heteroatoms. The maximum absolute atomic E-state index is 12.4. The molecule has 1 atom stereocenters. The highest BCUT2D eigenvalue weighted by Gasteiger charge is 2.60. The third-order valence-corrected chi connectivity index (χ3v) is 5.50. The van der Waals surface area contributed by atoms with Crippen molar-refractivity contribution in [2.45, 2.75) is 75.8 Å². The van der Waals surface area contributed by atoms with Crippen LogP contribution in [0.1, 0.15) is 64.2 Å². The van der Waals surface area contributed by atoms with Crippen LogP contribution in [0.25, 0.3) is 0 Å². The minimum absolute atomic E-state index is 0.0489. The van der Waals surface area contributed by atoms with Crippen LogP contribution >= 0.6 is 0 Å². The monoisotopic (exact) mass is 236 g/mol. The highest BCUT2D eigenvalue weighted by Crippen LogP contribution is 2.50. The van der Waals surface area contributed by atoms with Crippen molar-refractivity contribution < 1.29 is 4.79 Å². The normalized spacial score (nSPS) is 35.1. The molecule has 3 nitrogen and oxygen atoms in total. The molecule has 0 aromatic rings.